The van der Waals surface area contributed by atoms with Crippen LogP contribution in [-0.2, 0) is 24.8 Å². The fraction of sp³-hybridized carbons (Fsp3) is 0.526. The van der Waals surface area contributed by atoms with Crippen molar-refractivity contribution in [3.05, 3.63) is 34.9 Å². The van der Waals surface area contributed by atoms with Crippen molar-refractivity contribution in [3.63, 3.8) is 0 Å². The smallest absolute Gasteiger partial charge is 0.267 e. The molecule has 4 rings (SSSR count). The van der Waals surface area contributed by atoms with E-state index in [9.17, 15) is 18.0 Å². The molecule has 0 bridgehead atoms. The minimum absolute atomic E-state index is 0.0544. The first-order valence-electron chi connectivity index (χ1n) is 9.43. The van der Waals surface area contributed by atoms with Gasteiger partial charge in [0.15, 0.2) is 9.84 Å². The van der Waals surface area contributed by atoms with E-state index >= 15 is 0 Å². The summed E-state index contributed by atoms with van der Waals surface area (Å²) in [6.45, 7) is 0.459. The summed E-state index contributed by atoms with van der Waals surface area (Å²) in [6, 6.07) is 7.18. The van der Waals surface area contributed by atoms with Gasteiger partial charge >= 0.3 is 0 Å². The number of rotatable bonds is 5. The summed E-state index contributed by atoms with van der Waals surface area (Å²) in [6.07, 6.45) is 2.70. The van der Waals surface area contributed by atoms with Crippen LogP contribution in [0.15, 0.2) is 29.4 Å². The van der Waals surface area contributed by atoms with Crippen LogP contribution < -0.4 is 5.32 Å². The second-order valence-electron chi connectivity index (χ2n) is 7.78. The molecule has 2 aliphatic heterocycles. The van der Waals surface area contributed by atoms with E-state index < -0.39 is 15.9 Å². The van der Waals surface area contributed by atoms with E-state index in [0.29, 0.717) is 18.0 Å². The standard InChI is InChI=1S/C19H22ClN3O4S/c20-15-4-2-1-3-14(15)19(8-9-19)12-21-18(25)16-5-6-17(24)23(22-16)13-7-10-28(26,27)11-13/h1-4,13H,5-12H2,(H,21,25). The summed E-state index contributed by atoms with van der Waals surface area (Å²) < 4.78 is 23.4. The van der Waals surface area contributed by atoms with Gasteiger partial charge in [0.2, 0.25) is 5.91 Å². The van der Waals surface area contributed by atoms with E-state index in [2.05, 4.69) is 10.4 Å². The molecule has 9 heteroatoms. The molecule has 2 heterocycles. The molecule has 2 fully saturated rings. The number of nitrogens with zero attached hydrogens (tertiary/aromatic N) is 2. The summed E-state index contributed by atoms with van der Waals surface area (Å²) in [5.74, 6) is -0.573. The molecule has 28 heavy (non-hydrogen) atoms. The Balaban J connectivity index is 1.44. The molecule has 3 aliphatic rings. The number of benzene rings is 1. The molecule has 2 amide bonds. The Kier molecular flexibility index (Phi) is 4.95. The third kappa shape index (κ3) is 3.80. The topological polar surface area (TPSA) is 95.9 Å². The van der Waals surface area contributed by atoms with Gasteiger partial charge in [0, 0.05) is 29.8 Å². The first kappa shape index (κ1) is 19.4. The second kappa shape index (κ2) is 7.15. The Morgan fingerprint density at radius 2 is 2.04 bits per heavy atom. The van der Waals surface area contributed by atoms with Gasteiger partial charge in [-0.25, -0.2) is 13.4 Å². The zero-order valence-corrected chi connectivity index (χ0v) is 16.9. The molecule has 1 atom stereocenters. The van der Waals surface area contributed by atoms with E-state index in [4.69, 9.17) is 11.6 Å². The molecule has 0 radical (unpaired) electrons. The van der Waals surface area contributed by atoms with Crippen molar-refractivity contribution in [2.75, 3.05) is 18.1 Å². The molecule has 1 saturated carbocycles. The molecule has 0 aromatic heterocycles. The fourth-order valence-corrected chi connectivity index (χ4v) is 5.95. The van der Waals surface area contributed by atoms with Gasteiger partial charge in [-0.15, -0.1) is 0 Å². The minimum atomic E-state index is -3.14. The van der Waals surface area contributed by atoms with Crippen molar-refractivity contribution in [2.45, 2.75) is 43.6 Å². The van der Waals surface area contributed by atoms with Gasteiger partial charge in [-0.1, -0.05) is 29.8 Å². The van der Waals surface area contributed by atoms with Crippen molar-refractivity contribution in [1.29, 1.82) is 0 Å². The van der Waals surface area contributed by atoms with Crippen LogP contribution in [0.4, 0.5) is 0 Å². The van der Waals surface area contributed by atoms with Crippen LogP contribution in [0, 0.1) is 0 Å². The van der Waals surface area contributed by atoms with E-state index in [-0.39, 0.29) is 47.3 Å². The van der Waals surface area contributed by atoms with Crippen LogP contribution in [-0.4, -0.2) is 55.0 Å². The lowest BCUT2D eigenvalue weighted by molar-refractivity contribution is -0.133. The highest BCUT2D eigenvalue weighted by molar-refractivity contribution is 7.91. The average Bonchev–Trinajstić information content (AvgIpc) is 3.36. The van der Waals surface area contributed by atoms with Gasteiger partial charge in [-0.3, -0.25) is 9.59 Å². The Hall–Kier alpha value is -1.93. The number of hydrogen-bond acceptors (Lipinski definition) is 5. The highest BCUT2D eigenvalue weighted by Crippen LogP contribution is 2.49. The fourth-order valence-electron chi connectivity index (χ4n) is 3.92. The molecular formula is C19H22ClN3O4S. The van der Waals surface area contributed by atoms with E-state index in [1.54, 1.807) is 0 Å². The first-order valence-corrected chi connectivity index (χ1v) is 11.6. The molecule has 0 spiro atoms. The van der Waals surface area contributed by atoms with Gasteiger partial charge in [0.1, 0.15) is 5.71 Å². The van der Waals surface area contributed by atoms with Gasteiger partial charge in [-0.2, -0.15) is 5.10 Å². The first-order chi connectivity index (χ1) is 13.3. The van der Waals surface area contributed by atoms with Crippen LogP contribution in [0.2, 0.25) is 5.02 Å². The minimum Gasteiger partial charge on any atom is -0.350 e. The third-order valence-electron chi connectivity index (χ3n) is 5.76. The van der Waals surface area contributed by atoms with Crippen LogP contribution in [0.25, 0.3) is 0 Å². The van der Waals surface area contributed by atoms with Gasteiger partial charge in [0.05, 0.1) is 17.5 Å². The third-order valence-corrected chi connectivity index (χ3v) is 7.84. The van der Waals surface area contributed by atoms with Crippen molar-refractivity contribution in [1.82, 2.24) is 10.3 Å². The van der Waals surface area contributed by atoms with Crippen LogP contribution in [0.3, 0.4) is 0 Å². The van der Waals surface area contributed by atoms with Gasteiger partial charge < -0.3 is 5.32 Å². The summed E-state index contributed by atoms with van der Waals surface area (Å²) in [7, 11) is -3.14. The Labute approximate surface area is 169 Å². The normalized spacial score (nSPS) is 25.3. The highest BCUT2D eigenvalue weighted by Gasteiger charge is 2.46. The Bertz CT molecular complexity index is 956. The van der Waals surface area contributed by atoms with Crippen LogP contribution in [0.5, 0.6) is 0 Å². The van der Waals surface area contributed by atoms with E-state index in [1.165, 1.54) is 5.01 Å². The maximum Gasteiger partial charge on any atom is 0.267 e. The lowest BCUT2D eigenvalue weighted by Gasteiger charge is -2.27. The largest absolute Gasteiger partial charge is 0.350 e. The number of hydrogen-bond donors (Lipinski definition) is 1. The van der Waals surface area contributed by atoms with Crippen molar-refractivity contribution >= 4 is 39.0 Å². The summed E-state index contributed by atoms with van der Waals surface area (Å²) in [5, 5.41) is 9.07. The molecule has 1 aromatic rings. The number of halogens is 1. The summed E-state index contributed by atoms with van der Waals surface area (Å²) >= 11 is 6.31. The molecule has 1 saturated heterocycles. The molecule has 1 aromatic carbocycles. The maximum atomic E-state index is 12.7. The van der Waals surface area contributed by atoms with Crippen molar-refractivity contribution in [3.8, 4) is 0 Å². The number of sulfone groups is 1. The zero-order valence-electron chi connectivity index (χ0n) is 15.4. The van der Waals surface area contributed by atoms with Crippen molar-refractivity contribution < 1.29 is 18.0 Å². The summed E-state index contributed by atoms with van der Waals surface area (Å²) in [5.41, 5.74) is 1.17. The lowest BCUT2D eigenvalue weighted by Crippen LogP contribution is -2.45. The van der Waals surface area contributed by atoms with Crippen LogP contribution >= 0.6 is 11.6 Å². The number of amides is 2. The Morgan fingerprint density at radius 1 is 1.29 bits per heavy atom. The van der Waals surface area contributed by atoms with Crippen molar-refractivity contribution in [2.24, 2.45) is 5.10 Å². The maximum absolute atomic E-state index is 12.7. The number of carbonyl (C=O) groups is 2. The quantitative estimate of drug-likeness (QED) is 0.778. The second-order valence-corrected chi connectivity index (χ2v) is 10.4. The van der Waals surface area contributed by atoms with E-state index in [1.807, 2.05) is 24.3 Å². The van der Waals surface area contributed by atoms with Crippen LogP contribution in [0.1, 0.15) is 37.7 Å². The molecule has 1 N–H and O–H groups in total. The monoisotopic (exact) mass is 423 g/mol. The molecule has 1 unspecified atom stereocenters. The molecule has 1 aliphatic carbocycles. The SMILES string of the molecule is O=C(NCC1(c2ccccc2Cl)CC1)C1=NN(C2CCS(=O)(=O)C2)C(=O)CC1. The molecule has 7 nitrogen and oxygen atoms in total. The summed E-state index contributed by atoms with van der Waals surface area (Å²) in [4.78, 5) is 24.8. The Morgan fingerprint density at radius 3 is 2.68 bits per heavy atom. The highest BCUT2D eigenvalue weighted by atomic mass is 35.5. The van der Waals surface area contributed by atoms with E-state index in [0.717, 1.165) is 18.4 Å². The van der Waals surface area contributed by atoms with Gasteiger partial charge in [0.25, 0.3) is 5.91 Å². The predicted molar refractivity (Wildman–Crippen MR) is 106 cm³/mol. The average molecular weight is 424 g/mol. The number of nitrogens with one attached hydrogen (secondary N) is 1. The lowest BCUT2D eigenvalue weighted by atomic mass is 9.95. The van der Waals surface area contributed by atoms with Gasteiger partial charge in [-0.05, 0) is 30.9 Å². The number of carbonyl (C=O) groups excluding carboxylic acids is 2. The zero-order chi connectivity index (χ0) is 19.9. The predicted octanol–water partition coefficient (Wildman–Crippen LogP) is 1.65. The molecule has 150 valence electrons. The number of hydrazone groups is 1. The molecular weight excluding hydrogens is 402 g/mol.